The van der Waals surface area contributed by atoms with Crippen molar-refractivity contribution in [2.24, 2.45) is 0 Å². The van der Waals surface area contributed by atoms with Crippen LogP contribution in [0.4, 0.5) is 0 Å². The van der Waals surface area contributed by atoms with E-state index in [0.29, 0.717) is 11.6 Å². The first-order chi connectivity index (χ1) is 11.0. The molecule has 0 radical (unpaired) electrons. The van der Waals surface area contributed by atoms with Gasteiger partial charge in [0.1, 0.15) is 6.04 Å². The third-order valence-corrected chi connectivity index (χ3v) is 5.73. The van der Waals surface area contributed by atoms with Crippen LogP contribution in [0.3, 0.4) is 0 Å². The predicted octanol–water partition coefficient (Wildman–Crippen LogP) is 1.41. The Hall–Kier alpha value is -1.50. The molecule has 0 unspecified atom stereocenters. The first-order valence-corrected chi connectivity index (χ1v) is 9.29. The molecule has 1 aromatic heterocycles. The van der Waals surface area contributed by atoms with Gasteiger partial charge in [-0.25, -0.2) is 0 Å². The Morgan fingerprint density at radius 2 is 2.13 bits per heavy atom. The maximum Gasteiger partial charge on any atom is 0.246 e. The van der Waals surface area contributed by atoms with Crippen molar-refractivity contribution in [1.29, 1.82) is 0 Å². The molecule has 126 valence electrons. The van der Waals surface area contributed by atoms with E-state index in [2.05, 4.69) is 11.2 Å². The Morgan fingerprint density at radius 1 is 1.35 bits per heavy atom. The zero-order valence-corrected chi connectivity index (χ0v) is 14.8. The third-order valence-electron chi connectivity index (χ3n) is 4.72. The lowest BCUT2D eigenvalue weighted by atomic mass is 10.2. The van der Waals surface area contributed by atoms with Crippen LogP contribution in [0.2, 0.25) is 0 Å². The monoisotopic (exact) mass is 336 g/mol. The molecule has 0 aromatic carbocycles. The van der Waals surface area contributed by atoms with E-state index in [0.717, 1.165) is 37.3 Å². The molecule has 3 heterocycles. The molecule has 2 fully saturated rings. The zero-order chi connectivity index (χ0) is 16.6. The normalized spacial score (nSPS) is 24.5. The Kier molecular flexibility index (Phi) is 4.66. The molecule has 2 amide bonds. The second kappa shape index (κ2) is 6.55. The number of thioether (sulfide) groups is 1. The van der Waals surface area contributed by atoms with Crippen LogP contribution >= 0.6 is 11.8 Å². The molecule has 23 heavy (non-hydrogen) atoms. The number of carbonyl (C=O) groups is 2. The van der Waals surface area contributed by atoms with Gasteiger partial charge in [-0.15, -0.1) is 11.8 Å². The quantitative estimate of drug-likeness (QED) is 0.837. The number of amides is 2. The summed E-state index contributed by atoms with van der Waals surface area (Å²) in [6.07, 6.45) is 2.03. The summed E-state index contributed by atoms with van der Waals surface area (Å²) in [7, 11) is 0. The van der Waals surface area contributed by atoms with E-state index in [9.17, 15) is 9.59 Å². The van der Waals surface area contributed by atoms with Crippen molar-refractivity contribution in [1.82, 2.24) is 19.6 Å². The van der Waals surface area contributed by atoms with Gasteiger partial charge in [-0.2, -0.15) is 5.10 Å². The van der Waals surface area contributed by atoms with Gasteiger partial charge in [0, 0.05) is 24.9 Å². The van der Waals surface area contributed by atoms with Gasteiger partial charge in [0.2, 0.25) is 11.8 Å². The lowest BCUT2D eigenvalue weighted by molar-refractivity contribution is -0.143. The van der Waals surface area contributed by atoms with Crippen LogP contribution in [-0.2, 0) is 16.1 Å². The highest BCUT2D eigenvalue weighted by Crippen LogP contribution is 2.27. The van der Waals surface area contributed by atoms with Gasteiger partial charge in [0.25, 0.3) is 0 Å². The zero-order valence-electron chi connectivity index (χ0n) is 14.0. The Labute approximate surface area is 141 Å². The fourth-order valence-electron chi connectivity index (χ4n) is 3.52. The Balaban J connectivity index is 1.72. The summed E-state index contributed by atoms with van der Waals surface area (Å²) in [6.45, 7) is 7.11. The fraction of sp³-hybridized carbons (Fsp3) is 0.688. The second-order valence-electron chi connectivity index (χ2n) is 6.44. The second-order valence-corrected chi connectivity index (χ2v) is 7.44. The van der Waals surface area contributed by atoms with Crippen LogP contribution in [0.1, 0.15) is 31.2 Å². The highest BCUT2D eigenvalue weighted by Gasteiger charge is 2.39. The predicted molar refractivity (Wildman–Crippen MR) is 90.1 cm³/mol. The van der Waals surface area contributed by atoms with Crippen molar-refractivity contribution < 1.29 is 9.59 Å². The SMILES string of the molecule is CC(=O)N1CSC[C@H]1C(=O)N1CCC[C@@H]1Cn1nc(C)cc1C. The fourth-order valence-corrected chi connectivity index (χ4v) is 4.73. The van der Waals surface area contributed by atoms with E-state index in [4.69, 9.17) is 0 Å². The van der Waals surface area contributed by atoms with E-state index in [1.807, 2.05) is 23.4 Å². The van der Waals surface area contributed by atoms with Crippen molar-refractivity contribution in [2.45, 2.75) is 52.2 Å². The average Bonchev–Trinajstić information content (AvgIpc) is 3.19. The van der Waals surface area contributed by atoms with Gasteiger partial charge in [0.15, 0.2) is 0 Å². The van der Waals surface area contributed by atoms with Gasteiger partial charge >= 0.3 is 0 Å². The van der Waals surface area contributed by atoms with Crippen molar-refractivity contribution in [2.75, 3.05) is 18.2 Å². The molecular formula is C16H24N4O2S. The van der Waals surface area contributed by atoms with Gasteiger partial charge in [0.05, 0.1) is 24.2 Å². The molecule has 1 aromatic rings. The van der Waals surface area contributed by atoms with Crippen molar-refractivity contribution in [3.05, 3.63) is 17.5 Å². The van der Waals surface area contributed by atoms with Crippen LogP contribution in [0, 0.1) is 13.8 Å². The summed E-state index contributed by atoms with van der Waals surface area (Å²) in [5.74, 6) is 1.43. The number of hydrogen-bond donors (Lipinski definition) is 0. The molecule has 2 aliphatic heterocycles. The topological polar surface area (TPSA) is 58.4 Å². The molecule has 6 nitrogen and oxygen atoms in total. The summed E-state index contributed by atoms with van der Waals surface area (Å²) in [4.78, 5) is 28.3. The van der Waals surface area contributed by atoms with Gasteiger partial charge in [-0.1, -0.05) is 0 Å². The van der Waals surface area contributed by atoms with E-state index in [-0.39, 0.29) is 23.9 Å². The van der Waals surface area contributed by atoms with Crippen LogP contribution in [0.5, 0.6) is 0 Å². The number of rotatable bonds is 3. The average molecular weight is 336 g/mol. The number of aromatic nitrogens is 2. The lowest BCUT2D eigenvalue weighted by Gasteiger charge is -2.30. The maximum atomic E-state index is 12.9. The molecule has 0 spiro atoms. The van der Waals surface area contributed by atoms with Crippen LogP contribution < -0.4 is 0 Å². The first kappa shape index (κ1) is 16.4. The minimum absolute atomic E-state index is 0.0114. The summed E-state index contributed by atoms with van der Waals surface area (Å²) in [5, 5.41) is 4.52. The van der Waals surface area contributed by atoms with Crippen molar-refractivity contribution in [3.63, 3.8) is 0 Å². The van der Waals surface area contributed by atoms with Crippen molar-refractivity contribution in [3.8, 4) is 0 Å². The first-order valence-electron chi connectivity index (χ1n) is 8.14. The highest BCUT2D eigenvalue weighted by atomic mass is 32.2. The van der Waals surface area contributed by atoms with Crippen LogP contribution in [0.15, 0.2) is 6.07 Å². The van der Waals surface area contributed by atoms with E-state index >= 15 is 0 Å². The summed E-state index contributed by atoms with van der Waals surface area (Å²) in [6, 6.07) is 1.95. The molecule has 2 aliphatic rings. The standard InChI is InChI=1S/C16H24N4O2S/c1-11-7-12(2)20(17-11)8-14-5-4-6-18(14)16(22)15-9-23-10-19(15)13(3)21/h7,14-15H,4-6,8-10H2,1-3H3/t14-,15+/m1/s1. The molecule has 3 rings (SSSR count). The number of carbonyl (C=O) groups excluding carboxylic acids is 2. The minimum Gasteiger partial charge on any atom is -0.336 e. The molecule has 0 saturated carbocycles. The molecule has 0 aliphatic carbocycles. The molecule has 7 heteroatoms. The van der Waals surface area contributed by atoms with E-state index in [1.165, 1.54) is 0 Å². The van der Waals surface area contributed by atoms with Gasteiger partial charge in [-0.3, -0.25) is 14.3 Å². The minimum atomic E-state index is -0.293. The molecule has 0 N–H and O–H groups in total. The third kappa shape index (κ3) is 3.24. The Morgan fingerprint density at radius 3 is 2.78 bits per heavy atom. The number of nitrogens with zero attached hydrogens (tertiary/aromatic N) is 4. The van der Waals surface area contributed by atoms with Gasteiger partial charge in [-0.05, 0) is 32.8 Å². The van der Waals surface area contributed by atoms with Crippen molar-refractivity contribution >= 4 is 23.6 Å². The number of hydrogen-bond acceptors (Lipinski definition) is 4. The lowest BCUT2D eigenvalue weighted by Crippen LogP contribution is -2.50. The Bertz CT molecular complexity index is 615. The summed E-state index contributed by atoms with van der Waals surface area (Å²) < 4.78 is 2.00. The smallest absolute Gasteiger partial charge is 0.246 e. The highest BCUT2D eigenvalue weighted by molar-refractivity contribution is 7.99. The number of aryl methyl sites for hydroxylation is 2. The van der Waals surface area contributed by atoms with Crippen LogP contribution in [-0.4, -0.2) is 61.7 Å². The van der Waals surface area contributed by atoms with Gasteiger partial charge < -0.3 is 9.80 Å². The molecule has 2 atom stereocenters. The van der Waals surface area contributed by atoms with E-state index < -0.39 is 0 Å². The van der Waals surface area contributed by atoms with Crippen LogP contribution in [0.25, 0.3) is 0 Å². The summed E-state index contributed by atoms with van der Waals surface area (Å²) in [5.41, 5.74) is 2.14. The molecule has 2 saturated heterocycles. The largest absolute Gasteiger partial charge is 0.336 e. The maximum absolute atomic E-state index is 12.9. The molecular weight excluding hydrogens is 312 g/mol. The molecule has 0 bridgehead atoms. The van der Waals surface area contributed by atoms with E-state index in [1.54, 1.807) is 23.6 Å². The summed E-state index contributed by atoms with van der Waals surface area (Å²) >= 11 is 1.66. The number of likely N-dealkylation sites (tertiary alicyclic amines) is 1.